The van der Waals surface area contributed by atoms with Crippen LogP contribution in [0.2, 0.25) is 0 Å². The van der Waals surface area contributed by atoms with Crippen molar-refractivity contribution in [2.75, 3.05) is 32.7 Å². The van der Waals surface area contributed by atoms with Crippen molar-refractivity contribution in [2.45, 2.75) is 46.0 Å². The molecule has 0 bridgehead atoms. The maximum atomic E-state index is 3.49. The van der Waals surface area contributed by atoms with E-state index < -0.39 is 0 Å². The molecule has 0 radical (unpaired) electrons. The smallest absolute Gasteiger partial charge is 0.0107 e. The first-order valence-corrected chi connectivity index (χ1v) is 7.09. The molecule has 2 nitrogen and oxygen atoms in total. The van der Waals surface area contributed by atoms with Gasteiger partial charge in [-0.25, -0.2) is 0 Å². The van der Waals surface area contributed by atoms with E-state index in [1.165, 1.54) is 64.8 Å². The van der Waals surface area contributed by atoms with Crippen LogP contribution in [0.5, 0.6) is 0 Å². The van der Waals surface area contributed by atoms with E-state index in [0.717, 1.165) is 5.92 Å². The summed E-state index contributed by atoms with van der Waals surface area (Å²) in [5, 5.41) is 3.49. The van der Waals surface area contributed by atoms with Crippen LogP contribution in [0, 0.1) is 11.3 Å². The average Bonchev–Trinajstić information content (AvgIpc) is 2.50. The highest BCUT2D eigenvalue weighted by Crippen LogP contribution is 2.38. The molecule has 3 heteroatoms. The minimum Gasteiger partial charge on any atom is -0.315 e. The molecule has 1 saturated heterocycles. The van der Waals surface area contributed by atoms with Crippen LogP contribution < -0.4 is 5.32 Å². The largest absolute Gasteiger partial charge is 0.315 e. The van der Waals surface area contributed by atoms with Gasteiger partial charge in [0.15, 0.2) is 0 Å². The Morgan fingerprint density at radius 2 is 1.82 bits per heavy atom. The van der Waals surface area contributed by atoms with Crippen LogP contribution in [0.3, 0.4) is 0 Å². The third-order valence-electron chi connectivity index (χ3n) is 4.41. The number of rotatable bonds is 2. The van der Waals surface area contributed by atoms with E-state index in [9.17, 15) is 0 Å². The molecular weight excluding hydrogens is 232 g/mol. The zero-order valence-corrected chi connectivity index (χ0v) is 12.3. The van der Waals surface area contributed by atoms with Gasteiger partial charge in [-0.2, -0.15) is 0 Å². The normalized spacial score (nSPS) is 27.2. The Bertz CT molecular complexity index is 200. The highest BCUT2D eigenvalue weighted by molar-refractivity contribution is 5.85. The molecule has 0 unspecified atom stereocenters. The second-order valence-corrected chi connectivity index (χ2v) is 6.51. The minimum atomic E-state index is 0. The SMILES string of the molecule is CC1(C)CCC(CN2CCCNCC2)CC1.Cl. The van der Waals surface area contributed by atoms with Gasteiger partial charge in [0.2, 0.25) is 0 Å². The third-order valence-corrected chi connectivity index (χ3v) is 4.41. The maximum Gasteiger partial charge on any atom is 0.0107 e. The van der Waals surface area contributed by atoms with Crippen molar-refractivity contribution in [3.63, 3.8) is 0 Å². The second-order valence-electron chi connectivity index (χ2n) is 6.51. The Labute approximate surface area is 113 Å². The summed E-state index contributed by atoms with van der Waals surface area (Å²) in [4.78, 5) is 2.68. The van der Waals surface area contributed by atoms with Gasteiger partial charge in [-0.3, -0.25) is 0 Å². The van der Waals surface area contributed by atoms with Crippen LogP contribution in [0.1, 0.15) is 46.0 Å². The van der Waals surface area contributed by atoms with Crippen molar-refractivity contribution in [1.82, 2.24) is 10.2 Å². The summed E-state index contributed by atoms with van der Waals surface area (Å²) in [5.41, 5.74) is 0.622. The lowest BCUT2D eigenvalue weighted by Gasteiger charge is -2.36. The predicted molar refractivity (Wildman–Crippen MR) is 76.9 cm³/mol. The van der Waals surface area contributed by atoms with E-state index in [2.05, 4.69) is 24.1 Å². The summed E-state index contributed by atoms with van der Waals surface area (Å²) in [6.45, 7) is 11.2. The van der Waals surface area contributed by atoms with E-state index in [1.807, 2.05) is 0 Å². The molecule has 1 saturated carbocycles. The Kier molecular flexibility index (Phi) is 6.25. The number of halogens is 1. The van der Waals surface area contributed by atoms with Crippen LogP contribution in [0.25, 0.3) is 0 Å². The lowest BCUT2D eigenvalue weighted by molar-refractivity contribution is 0.148. The lowest BCUT2D eigenvalue weighted by Crippen LogP contribution is -2.35. The summed E-state index contributed by atoms with van der Waals surface area (Å²) in [7, 11) is 0. The van der Waals surface area contributed by atoms with Gasteiger partial charge in [-0.1, -0.05) is 13.8 Å². The minimum absolute atomic E-state index is 0. The van der Waals surface area contributed by atoms with Crippen LogP contribution >= 0.6 is 12.4 Å². The van der Waals surface area contributed by atoms with Gasteiger partial charge in [0.25, 0.3) is 0 Å². The van der Waals surface area contributed by atoms with E-state index >= 15 is 0 Å². The molecule has 0 aromatic rings. The molecule has 0 spiro atoms. The molecule has 2 aliphatic rings. The van der Waals surface area contributed by atoms with Gasteiger partial charge in [0.05, 0.1) is 0 Å². The fourth-order valence-corrected chi connectivity index (χ4v) is 3.09. The number of nitrogens with one attached hydrogen (secondary N) is 1. The fourth-order valence-electron chi connectivity index (χ4n) is 3.09. The van der Waals surface area contributed by atoms with Gasteiger partial charge in [0.1, 0.15) is 0 Å². The summed E-state index contributed by atoms with van der Waals surface area (Å²) in [5.74, 6) is 0.978. The average molecular weight is 261 g/mol. The second kappa shape index (κ2) is 6.96. The van der Waals surface area contributed by atoms with Crippen molar-refractivity contribution in [1.29, 1.82) is 0 Å². The molecule has 2 rings (SSSR count). The number of hydrogen-bond acceptors (Lipinski definition) is 2. The fraction of sp³-hybridized carbons (Fsp3) is 1.00. The van der Waals surface area contributed by atoms with Gasteiger partial charge in [-0.05, 0) is 56.5 Å². The van der Waals surface area contributed by atoms with Crippen LogP contribution in [-0.2, 0) is 0 Å². The third kappa shape index (κ3) is 5.15. The van der Waals surface area contributed by atoms with Crippen molar-refractivity contribution in [3.05, 3.63) is 0 Å². The topological polar surface area (TPSA) is 15.3 Å². The zero-order chi connectivity index (χ0) is 11.4. The van der Waals surface area contributed by atoms with Gasteiger partial charge >= 0.3 is 0 Å². The summed E-state index contributed by atoms with van der Waals surface area (Å²) in [6.07, 6.45) is 7.11. The Morgan fingerprint density at radius 3 is 2.53 bits per heavy atom. The van der Waals surface area contributed by atoms with Crippen molar-refractivity contribution in [3.8, 4) is 0 Å². The Hall–Kier alpha value is 0.210. The van der Waals surface area contributed by atoms with Crippen LogP contribution in [-0.4, -0.2) is 37.6 Å². The molecule has 17 heavy (non-hydrogen) atoms. The number of hydrogen-bond donors (Lipinski definition) is 1. The number of nitrogens with zero attached hydrogens (tertiary/aromatic N) is 1. The quantitative estimate of drug-likeness (QED) is 0.821. The summed E-state index contributed by atoms with van der Waals surface area (Å²) in [6, 6.07) is 0. The molecule has 1 aliphatic carbocycles. The molecule has 0 atom stereocenters. The first-order chi connectivity index (χ1) is 7.66. The molecular formula is C14H29ClN2. The summed E-state index contributed by atoms with van der Waals surface area (Å²) < 4.78 is 0. The first-order valence-electron chi connectivity index (χ1n) is 7.09. The molecule has 102 valence electrons. The van der Waals surface area contributed by atoms with Crippen LogP contribution in [0.15, 0.2) is 0 Å². The maximum absolute atomic E-state index is 3.49. The van der Waals surface area contributed by atoms with E-state index in [-0.39, 0.29) is 12.4 Å². The Balaban J connectivity index is 0.00000144. The standard InChI is InChI=1S/C14H28N2.ClH/c1-14(2)6-4-13(5-7-14)12-16-10-3-8-15-9-11-16;/h13,15H,3-12H2,1-2H3;1H. The van der Waals surface area contributed by atoms with E-state index in [4.69, 9.17) is 0 Å². The first kappa shape index (κ1) is 15.3. The van der Waals surface area contributed by atoms with Crippen molar-refractivity contribution >= 4 is 12.4 Å². The van der Waals surface area contributed by atoms with Gasteiger partial charge in [0, 0.05) is 19.6 Å². The summed E-state index contributed by atoms with van der Waals surface area (Å²) >= 11 is 0. The Morgan fingerprint density at radius 1 is 1.12 bits per heavy atom. The van der Waals surface area contributed by atoms with Gasteiger partial charge in [-0.15, -0.1) is 12.4 Å². The predicted octanol–water partition coefficient (Wildman–Crippen LogP) is 2.92. The van der Waals surface area contributed by atoms with Gasteiger partial charge < -0.3 is 10.2 Å². The lowest BCUT2D eigenvalue weighted by atomic mass is 9.73. The molecule has 1 heterocycles. The molecule has 0 amide bonds. The highest BCUT2D eigenvalue weighted by atomic mass is 35.5. The highest BCUT2D eigenvalue weighted by Gasteiger charge is 2.27. The molecule has 0 aromatic heterocycles. The molecule has 1 aliphatic heterocycles. The monoisotopic (exact) mass is 260 g/mol. The molecule has 0 aromatic carbocycles. The van der Waals surface area contributed by atoms with Crippen LogP contribution in [0.4, 0.5) is 0 Å². The van der Waals surface area contributed by atoms with Crippen molar-refractivity contribution in [2.24, 2.45) is 11.3 Å². The molecule has 2 fully saturated rings. The zero-order valence-electron chi connectivity index (χ0n) is 11.5. The van der Waals surface area contributed by atoms with Crippen molar-refractivity contribution < 1.29 is 0 Å². The van der Waals surface area contributed by atoms with E-state index in [0.29, 0.717) is 5.41 Å². The molecule has 1 N–H and O–H groups in total. The van der Waals surface area contributed by atoms with E-state index in [1.54, 1.807) is 0 Å².